The van der Waals surface area contributed by atoms with Gasteiger partial charge in [0.05, 0.1) is 24.3 Å². The molecule has 0 aromatic heterocycles. The van der Waals surface area contributed by atoms with E-state index in [9.17, 15) is 18.0 Å². The van der Waals surface area contributed by atoms with Crippen LogP contribution in [-0.2, 0) is 22.3 Å². The van der Waals surface area contributed by atoms with Crippen molar-refractivity contribution in [2.45, 2.75) is 32.5 Å². The van der Waals surface area contributed by atoms with E-state index in [4.69, 9.17) is 10.5 Å². The van der Waals surface area contributed by atoms with E-state index in [2.05, 4.69) is 5.32 Å². The molecule has 118 valence electrons. The molecular formula is C14H19F3N2O2. The van der Waals surface area contributed by atoms with Gasteiger partial charge in [-0.2, -0.15) is 13.2 Å². The zero-order chi connectivity index (χ0) is 15.9. The fraction of sp³-hybridized carbons (Fsp3) is 0.500. The van der Waals surface area contributed by atoms with Gasteiger partial charge in [0, 0.05) is 13.2 Å². The van der Waals surface area contributed by atoms with Gasteiger partial charge in [0.25, 0.3) is 0 Å². The van der Waals surface area contributed by atoms with Gasteiger partial charge in [-0.3, -0.25) is 4.79 Å². The van der Waals surface area contributed by atoms with Gasteiger partial charge in [0.1, 0.15) is 0 Å². The summed E-state index contributed by atoms with van der Waals surface area (Å²) in [6, 6.07) is 3.62. The van der Waals surface area contributed by atoms with E-state index < -0.39 is 17.6 Å². The lowest BCUT2D eigenvalue weighted by Crippen LogP contribution is -2.18. The minimum absolute atomic E-state index is 0.00215. The monoisotopic (exact) mass is 304 g/mol. The highest BCUT2D eigenvalue weighted by Gasteiger charge is 2.34. The third kappa shape index (κ3) is 5.73. The van der Waals surface area contributed by atoms with Crippen LogP contribution in [0.1, 0.15) is 30.9 Å². The van der Waals surface area contributed by atoms with Crippen molar-refractivity contribution in [1.29, 1.82) is 0 Å². The Balaban J connectivity index is 2.76. The lowest BCUT2D eigenvalue weighted by molar-refractivity contribution is -0.137. The summed E-state index contributed by atoms with van der Waals surface area (Å²) in [7, 11) is 0. The van der Waals surface area contributed by atoms with Crippen LogP contribution in [0.2, 0.25) is 0 Å². The first kappa shape index (κ1) is 17.5. The lowest BCUT2D eigenvalue weighted by atomic mass is 10.1. The first-order valence-electron chi connectivity index (χ1n) is 6.66. The van der Waals surface area contributed by atoms with E-state index in [0.29, 0.717) is 12.2 Å². The Labute approximate surface area is 121 Å². The summed E-state index contributed by atoms with van der Waals surface area (Å²) in [5.74, 6) is -0.517. The lowest BCUT2D eigenvalue weighted by Gasteiger charge is -2.15. The molecule has 0 atom stereocenters. The number of nitrogens with one attached hydrogen (secondary N) is 1. The summed E-state index contributed by atoms with van der Waals surface area (Å²) in [5.41, 5.74) is 4.53. The molecule has 7 heteroatoms. The molecule has 0 unspecified atom stereocenters. The number of hydrogen-bond acceptors (Lipinski definition) is 3. The smallest absolute Gasteiger partial charge is 0.381 e. The van der Waals surface area contributed by atoms with Crippen molar-refractivity contribution in [3.05, 3.63) is 29.3 Å². The van der Waals surface area contributed by atoms with Crippen molar-refractivity contribution in [3.8, 4) is 0 Å². The standard InChI is InChI=1S/C14H19F3N2O2/c1-2-6-21-7-5-13(20)19-12-4-3-10(9-18)8-11(12)14(15,16)17/h3-4,8H,2,5-7,9,18H2,1H3,(H,19,20). The predicted octanol–water partition coefficient (Wildman–Crippen LogP) is 2.92. The maximum atomic E-state index is 13.0. The number of halogens is 3. The molecule has 0 aliphatic rings. The van der Waals surface area contributed by atoms with Gasteiger partial charge in [-0.1, -0.05) is 13.0 Å². The first-order valence-corrected chi connectivity index (χ1v) is 6.66. The summed E-state index contributed by atoms with van der Waals surface area (Å²) in [6.45, 7) is 2.63. The highest BCUT2D eigenvalue weighted by atomic mass is 19.4. The molecule has 0 spiro atoms. The quantitative estimate of drug-likeness (QED) is 0.761. The van der Waals surface area contributed by atoms with E-state index in [1.165, 1.54) is 12.1 Å². The summed E-state index contributed by atoms with van der Waals surface area (Å²) in [5, 5.41) is 2.27. The molecule has 0 aliphatic heterocycles. The van der Waals surface area contributed by atoms with E-state index in [1.54, 1.807) is 0 Å². The Morgan fingerprint density at radius 1 is 1.33 bits per heavy atom. The van der Waals surface area contributed by atoms with Crippen molar-refractivity contribution in [1.82, 2.24) is 0 Å². The van der Waals surface area contributed by atoms with Gasteiger partial charge >= 0.3 is 6.18 Å². The van der Waals surface area contributed by atoms with Crippen LogP contribution in [0.5, 0.6) is 0 Å². The number of carbonyl (C=O) groups excluding carboxylic acids is 1. The summed E-state index contributed by atoms with van der Waals surface area (Å²) >= 11 is 0. The number of nitrogens with two attached hydrogens (primary N) is 1. The van der Waals surface area contributed by atoms with E-state index >= 15 is 0 Å². The molecule has 0 bridgehead atoms. The van der Waals surface area contributed by atoms with E-state index in [1.807, 2.05) is 6.92 Å². The number of rotatable bonds is 7. The van der Waals surface area contributed by atoms with Gasteiger partial charge in [-0.25, -0.2) is 0 Å². The maximum absolute atomic E-state index is 13.0. The highest BCUT2D eigenvalue weighted by molar-refractivity contribution is 5.91. The van der Waals surface area contributed by atoms with Gasteiger partial charge in [-0.05, 0) is 24.1 Å². The molecule has 0 radical (unpaired) electrons. The molecule has 3 N–H and O–H groups in total. The largest absolute Gasteiger partial charge is 0.418 e. The van der Waals surface area contributed by atoms with Crippen LogP contribution >= 0.6 is 0 Å². The third-order valence-electron chi connectivity index (χ3n) is 2.72. The Morgan fingerprint density at radius 2 is 2.05 bits per heavy atom. The maximum Gasteiger partial charge on any atom is 0.418 e. The zero-order valence-corrected chi connectivity index (χ0v) is 11.8. The van der Waals surface area contributed by atoms with Gasteiger partial charge in [-0.15, -0.1) is 0 Å². The number of alkyl halides is 3. The summed E-state index contributed by atoms with van der Waals surface area (Å²) < 4.78 is 44.0. The molecule has 1 rings (SSSR count). The second-order valence-electron chi connectivity index (χ2n) is 4.49. The van der Waals surface area contributed by atoms with Crippen molar-refractivity contribution >= 4 is 11.6 Å². The minimum atomic E-state index is -4.55. The molecule has 0 saturated heterocycles. The predicted molar refractivity (Wildman–Crippen MR) is 73.7 cm³/mol. The number of anilines is 1. The number of hydrogen-bond donors (Lipinski definition) is 2. The van der Waals surface area contributed by atoms with Crippen molar-refractivity contribution in [3.63, 3.8) is 0 Å². The Hall–Kier alpha value is -1.60. The molecule has 21 heavy (non-hydrogen) atoms. The third-order valence-corrected chi connectivity index (χ3v) is 2.72. The van der Waals surface area contributed by atoms with Crippen LogP contribution in [0.4, 0.5) is 18.9 Å². The second-order valence-corrected chi connectivity index (χ2v) is 4.49. The van der Waals surface area contributed by atoms with Crippen LogP contribution in [0.15, 0.2) is 18.2 Å². The van der Waals surface area contributed by atoms with Gasteiger partial charge < -0.3 is 15.8 Å². The van der Waals surface area contributed by atoms with Gasteiger partial charge in [0.15, 0.2) is 0 Å². The Kier molecular flexibility index (Phi) is 6.64. The molecule has 1 aromatic carbocycles. The molecule has 1 amide bonds. The van der Waals surface area contributed by atoms with Crippen LogP contribution in [0.3, 0.4) is 0 Å². The number of ether oxygens (including phenoxy) is 1. The fourth-order valence-electron chi connectivity index (χ4n) is 1.69. The number of benzene rings is 1. The Bertz CT molecular complexity index is 476. The topological polar surface area (TPSA) is 64.3 Å². The molecule has 0 fully saturated rings. The highest BCUT2D eigenvalue weighted by Crippen LogP contribution is 2.35. The summed E-state index contributed by atoms with van der Waals surface area (Å²) in [4.78, 5) is 11.6. The minimum Gasteiger partial charge on any atom is -0.381 e. The molecule has 0 saturated carbocycles. The zero-order valence-electron chi connectivity index (χ0n) is 11.8. The van der Waals surface area contributed by atoms with Crippen LogP contribution in [0.25, 0.3) is 0 Å². The van der Waals surface area contributed by atoms with E-state index in [0.717, 1.165) is 12.5 Å². The normalized spacial score (nSPS) is 11.5. The average Bonchev–Trinajstić information content (AvgIpc) is 2.43. The van der Waals surface area contributed by atoms with Gasteiger partial charge in [0.2, 0.25) is 5.91 Å². The number of carbonyl (C=O) groups is 1. The van der Waals surface area contributed by atoms with Crippen LogP contribution in [-0.4, -0.2) is 19.1 Å². The van der Waals surface area contributed by atoms with Crippen molar-refractivity contribution in [2.24, 2.45) is 5.73 Å². The second kappa shape index (κ2) is 7.99. The SMILES string of the molecule is CCCOCCC(=O)Nc1ccc(CN)cc1C(F)(F)F. The van der Waals surface area contributed by atoms with Crippen molar-refractivity contribution < 1.29 is 22.7 Å². The molecule has 0 heterocycles. The average molecular weight is 304 g/mol. The van der Waals surface area contributed by atoms with Crippen LogP contribution < -0.4 is 11.1 Å². The molecule has 0 aliphatic carbocycles. The Morgan fingerprint density at radius 3 is 2.62 bits per heavy atom. The van der Waals surface area contributed by atoms with Crippen LogP contribution in [0, 0.1) is 0 Å². The molecule has 4 nitrogen and oxygen atoms in total. The number of amides is 1. The van der Waals surface area contributed by atoms with E-state index in [-0.39, 0.29) is 25.3 Å². The fourth-order valence-corrected chi connectivity index (χ4v) is 1.69. The molecular weight excluding hydrogens is 285 g/mol. The molecule has 1 aromatic rings. The van der Waals surface area contributed by atoms with Crippen molar-refractivity contribution in [2.75, 3.05) is 18.5 Å². The summed E-state index contributed by atoms with van der Waals surface area (Å²) in [6.07, 6.45) is -3.72. The first-order chi connectivity index (χ1) is 9.88.